The molecule has 1 heterocycles. The summed E-state index contributed by atoms with van der Waals surface area (Å²) in [4.78, 5) is 14.5. The van der Waals surface area contributed by atoms with Gasteiger partial charge in [-0.3, -0.25) is 0 Å². The third-order valence-electron chi connectivity index (χ3n) is 2.71. The summed E-state index contributed by atoms with van der Waals surface area (Å²) in [5.41, 5.74) is -1.03. The van der Waals surface area contributed by atoms with Crippen molar-refractivity contribution in [3.05, 3.63) is 51.1 Å². The summed E-state index contributed by atoms with van der Waals surface area (Å²) >= 11 is 11.3. The first-order chi connectivity index (χ1) is 9.32. The van der Waals surface area contributed by atoms with E-state index >= 15 is 0 Å². The summed E-state index contributed by atoms with van der Waals surface area (Å²) in [5.74, 6) is -3.11. The van der Waals surface area contributed by atoms with E-state index in [9.17, 15) is 13.6 Å². The van der Waals surface area contributed by atoms with Gasteiger partial charge < -0.3 is 5.11 Å². The standard InChI is InChI=1S/C13H7Cl2F2NO2/c1-5-7(14)3-2-6(10(5)17)11-9(16)4-8(15)12(18-11)13(19)20/h2-4H,1H3,(H,19,20). The van der Waals surface area contributed by atoms with Gasteiger partial charge in [-0.1, -0.05) is 23.2 Å². The molecule has 1 aromatic carbocycles. The molecule has 104 valence electrons. The molecule has 2 rings (SSSR count). The Morgan fingerprint density at radius 1 is 1.25 bits per heavy atom. The van der Waals surface area contributed by atoms with Gasteiger partial charge in [0.2, 0.25) is 0 Å². The van der Waals surface area contributed by atoms with Crippen molar-refractivity contribution in [3.63, 3.8) is 0 Å². The van der Waals surface area contributed by atoms with E-state index in [2.05, 4.69) is 4.98 Å². The van der Waals surface area contributed by atoms with Crippen LogP contribution < -0.4 is 0 Å². The molecule has 0 saturated heterocycles. The molecule has 0 amide bonds. The maximum atomic E-state index is 14.1. The Kier molecular flexibility index (Phi) is 3.92. The highest BCUT2D eigenvalue weighted by atomic mass is 35.5. The van der Waals surface area contributed by atoms with Gasteiger partial charge >= 0.3 is 5.97 Å². The minimum atomic E-state index is -1.43. The zero-order chi connectivity index (χ0) is 15.0. The van der Waals surface area contributed by atoms with Crippen LogP contribution in [0.15, 0.2) is 18.2 Å². The topological polar surface area (TPSA) is 50.2 Å². The normalized spacial score (nSPS) is 10.7. The Labute approximate surface area is 122 Å². The summed E-state index contributed by atoms with van der Waals surface area (Å²) in [6.07, 6.45) is 0. The lowest BCUT2D eigenvalue weighted by molar-refractivity contribution is 0.0690. The zero-order valence-electron chi connectivity index (χ0n) is 10.0. The van der Waals surface area contributed by atoms with Crippen LogP contribution in [0, 0.1) is 18.6 Å². The highest BCUT2D eigenvalue weighted by Gasteiger charge is 2.20. The van der Waals surface area contributed by atoms with E-state index in [1.54, 1.807) is 0 Å². The molecule has 0 radical (unpaired) electrons. The van der Waals surface area contributed by atoms with Crippen LogP contribution in [0.1, 0.15) is 16.1 Å². The van der Waals surface area contributed by atoms with Crippen LogP contribution >= 0.6 is 23.2 Å². The number of carboxylic acid groups (broad SMARTS) is 1. The van der Waals surface area contributed by atoms with Gasteiger partial charge in [0.05, 0.1) is 5.02 Å². The van der Waals surface area contributed by atoms with Crippen LogP contribution in [-0.2, 0) is 0 Å². The molecule has 1 N–H and O–H groups in total. The van der Waals surface area contributed by atoms with E-state index in [0.717, 1.165) is 6.07 Å². The molecule has 0 aliphatic rings. The Balaban J connectivity index is 2.73. The second-order valence-corrected chi connectivity index (χ2v) is 4.80. The molecule has 0 atom stereocenters. The van der Waals surface area contributed by atoms with Crippen molar-refractivity contribution in [1.82, 2.24) is 4.98 Å². The smallest absolute Gasteiger partial charge is 0.356 e. The maximum Gasteiger partial charge on any atom is 0.356 e. The van der Waals surface area contributed by atoms with Gasteiger partial charge in [0.15, 0.2) is 11.5 Å². The Bertz CT molecular complexity index is 720. The van der Waals surface area contributed by atoms with Crippen LogP contribution in [0.2, 0.25) is 10.0 Å². The monoisotopic (exact) mass is 317 g/mol. The molecule has 0 saturated carbocycles. The Morgan fingerprint density at radius 2 is 1.90 bits per heavy atom. The number of pyridine rings is 1. The number of aromatic nitrogens is 1. The predicted molar refractivity (Wildman–Crippen MR) is 71.3 cm³/mol. The summed E-state index contributed by atoms with van der Waals surface area (Å²) in [7, 11) is 0. The van der Waals surface area contributed by atoms with Crippen LogP contribution in [0.25, 0.3) is 11.3 Å². The van der Waals surface area contributed by atoms with E-state index < -0.39 is 29.0 Å². The average Bonchev–Trinajstić information content (AvgIpc) is 2.37. The third kappa shape index (κ3) is 2.46. The third-order valence-corrected chi connectivity index (χ3v) is 3.41. The number of carboxylic acids is 1. The molecular formula is C13H7Cl2F2NO2. The number of benzene rings is 1. The lowest BCUT2D eigenvalue weighted by Crippen LogP contribution is -2.05. The highest BCUT2D eigenvalue weighted by Crippen LogP contribution is 2.31. The first-order valence-electron chi connectivity index (χ1n) is 5.37. The minimum absolute atomic E-state index is 0.122. The summed E-state index contributed by atoms with van der Waals surface area (Å²) in [6, 6.07) is 3.40. The summed E-state index contributed by atoms with van der Waals surface area (Å²) in [6.45, 7) is 1.42. The molecule has 3 nitrogen and oxygen atoms in total. The van der Waals surface area contributed by atoms with Gasteiger partial charge in [-0.25, -0.2) is 18.6 Å². The van der Waals surface area contributed by atoms with Crippen LogP contribution in [0.5, 0.6) is 0 Å². The highest BCUT2D eigenvalue weighted by molar-refractivity contribution is 6.33. The second kappa shape index (κ2) is 5.34. The average molecular weight is 318 g/mol. The molecule has 0 bridgehead atoms. The van der Waals surface area contributed by atoms with E-state index in [0.29, 0.717) is 0 Å². The van der Waals surface area contributed by atoms with E-state index in [4.69, 9.17) is 28.3 Å². The fourth-order valence-corrected chi connectivity index (χ4v) is 2.01. The van der Waals surface area contributed by atoms with Crippen LogP contribution in [-0.4, -0.2) is 16.1 Å². The lowest BCUT2D eigenvalue weighted by Gasteiger charge is -2.09. The van der Waals surface area contributed by atoms with Gasteiger partial charge in [0.25, 0.3) is 0 Å². The van der Waals surface area contributed by atoms with Crippen molar-refractivity contribution in [3.8, 4) is 11.3 Å². The number of aromatic carboxylic acids is 1. The Morgan fingerprint density at radius 3 is 2.50 bits per heavy atom. The van der Waals surface area contributed by atoms with Gasteiger partial charge in [-0.05, 0) is 25.1 Å². The van der Waals surface area contributed by atoms with Crippen molar-refractivity contribution < 1.29 is 18.7 Å². The predicted octanol–water partition coefficient (Wildman–Crippen LogP) is 4.34. The SMILES string of the molecule is Cc1c(Cl)ccc(-c2nc(C(=O)O)c(Cl)cc2F)c1F. The number of hydrogen-bond acceptors (Lipinski definition) is 2. The van der Waals surface area contributed by atoms with Crippen molar-refractivity contribution in [1.29, 1.82) is 0 Å². The molecule has 0 aliphatic heterocycles. The second-order valence-electron chi connectivity index (χ2n) is 3.99. The maximum absolute atomic E-state index is 14.1. The van der Waals surface area contributed by atoms with Crippen molar-refractivity contribution >= 4 is 29.2 Å². The number of nitrogens with zero attached hydrogens (tertiary/aromatic N) is 1. The number of hydrogen-bond donors (Lipinski definition) is 1. The van der Waals surface area contributed by atoms with Crippen molar-refractivity contribution in [2.45, 2.75) is 6.92 Å². The van der Waals surface area contributed by atoms with Gasteiger partial charge in [0, 0.05) is 16.1 Å². The lowest BCUT2D eigenvalue weighted by atomic mass is 10.1. The number of halogens is 4. The first kappa shape index (κ1) is 14.7. The van der Waals surface area contributed by atoms with Gasteiger partial charge in [0.1, 0.15) is 11.5 Å². The molecule has 7 heteroatoms. The molecule has 0 spiro atoms. The quantitative estimate of drug-likeness (QED) is 0.896. The van der Waals surface area contributed by atoms with Crippen LogP contribution in [0.4, 0.5) is 8.78 Å². The van der Waals surface area contributed by atoms with E-state index in [-0.39, 0.29) is 21.2 Å². The van der Waals surface area contributed by atoms with Crippen LogP contribution in [0.3, 0.4) is 0 Å². The molecule has 1 aromatic heterocycles. The largest absolute Gasteiger partial charge is 0.476 e. The van der Waals surface area contributed by atoms with Gasteiger partial charge in [-0.2, -0.15) is 0 Å². The molecule has 0 fully saturated rings. The molecular weight excluding hydrogens is 311 g/mol. The minimum Gasteiger partial charge on any atom is -0.476 e. The zero-order valence-corrected chi connectivity index (χ0v) is 11.6. The number of carbonyl (C=O) groups is 1. The van der Waals surface area contributed by atoms with E-state index in [1.165, 1.54) is 19.1 Å². The molecule has 20 heavy (non-hydrogen) atoms. The van der Waals surface area contributed by atoms with E-state index in [1.807, 2.05) is 0 Å². The fraction of sp³-hybridized carbons (Fsp3) is 0.0769. The Hall–Kier alpha value is -1.72. The first-order valence-corrected chi connectivity index (χ1v) is 6.12. The molecule has 0 aliphatic carbocycles. The van der Waals surface area contributed by atoms with Crippen molar-refractivity contribution in [2.75, 3.05) is 0 Å². The molecule has 0 unspecified atom stereocenters. The van der Waals surface area contributed by atoms with Crippen molar-refractivity contribution in [2.24, 2.45) is 0 Å². The number of rotatable bonds is 2. The van der Waals surface area contributed by atoms with Gasteiger partial charge in [-0.15, -0.1) is 0 Å². The fourth-order valence-electron chi connectivity index (χ4n) is 1.65. The summed E-state index contributed by atoms with van der Waals surface area (Å²) < 4.78 is 27.9. The molecule has 2 aromatic rings. The summed E-state index contributed by atoms with van der Waals surface area (Å²) in [5, 5.41) is 8.73.